The molecule has 2 aliphatic heterocycles. The number of aromatic nitrogens is 5. The molecule has 5 aliphatic rings. The number of thiazole rings is 1. The molecule has 10 rings (SSSR count). The summed E-state index contributed by atoms with van der Waals surface area (Å²) < 4.78 is 0. The lowest BCUT2D eigenvalue weighted by Crippen LogP contribution is -2.60. The van der Waals surface area contributed by atoms with Crippen LogP contribution >= 0.6 is 11.3 Å². The lowest BCUT2D eigenvalue weighted by Gasteiger charge is -2.57. The van der Waals surface area contributed by atoms with Crippen LogP contribution in [-0.4, -0.2) is 95.8 Å². The van der Waals surface area contributed by atoms with E-state index < -0.39 is 23.6 Å². The van der Waals surface area contributed by atoms with Gasteiger partial charge in [0.25, 0.3) is 0 Å². The van der Waals surface area contributed by atoms with Crippen molar-refractivity contribution in [3.05, 3.63) is 106 Å². The van der Waals surface area contributed by atoms with E-state index in [2.05, 4.69) is 36.8 Å². The van der Waals surface area contributed by atoms with Gasteiger partial charge in [-0.1, -0.05) is 57.2 Å². The molecule has 4 atom stereocenters. The molecule has 1 saturated heterocycles. The molecular weight excluding hydrogens is 851 g/mol. The molecule has 66 heavy (non-hydrogen) atoms. The van der Waals surface area contributed by atoms with Crippen LogP contribution in [0.1, 0.15) is 106 Å². The summed E-state index contributed by atoms with van der Waals surface area (Å²) in [5, 5.41) is 36.3. The summed E-state index contributed by atoms with van der Waals surface area (Å²) in [6.07, 6.45) is 8.29. The van der Waals surface area contributed by atoms with Gasteiger partial charge in [-0.2, -0.15) is 10.2 Å². The number of carbonyl (C=O) groups is 3. The number of amides is 3. The fraction of sp³-hybridized carbons (Fsp3) is 0.451. The Morgan fingerprint density at radius 2 is 1.67 bits per heavy atom. The van der Waals surface area contributed by atoms with Gasteiger partial charge in [-0.15, -0.1) is 11.3 Å². The number of benzene rings is 2. The lowest BCUT2D eigenvalue weighted by molar-refractivity contribution is -0.148. The van der Waals surface area contributed by atoms with E-state index >= 15 is 0 Å². The topological polar surface area (TPSA) is 187 Å². The Morgan fingerprint density at radius 1 is 0.924 bits per heavy atom. The van der Waals surface area contributed by atoms with Crippen molar-refractivity contribution in [2.45, 2.75) is 110 Å². The van der Waals surface area contributed by atoms with Crippen molar-refractivity contribution in [3.63, 3.8) is 0 Å². The minimum Gasteiger partial charge on any atom is -0.507 e. The van der Waals surface area contributed by atoms with Crippen molar-refractivity contribution < 1.29 is 24.6 Å². The Labute approximate surface area is 389 Å². The molecular formula is C51H57N9O5S. The number of aliphatic hydroxyl groups is 1. The standard InChI is InChI=1S/C51H57N9O5S/c1-28(30-10-12-31(13-11-30)44-29(2)54-27-66-44)55-47(64)42-17-36(61)26-60(42)48(65)45(50(3,4)5)56-46(63)34-21-51(22-34)19-33(20-51)35-23-52-49(53-24-35)59-15-14-37-32(25-59)16-40-39(37)18-41(58-57-40)38-8-6-7-9-43(38)62/h6-13,18,23-24,27-28,33-34,36,42,45,61-62H,14-17,19-22,25-26H2,1-5H3,(H,55,64)(H,56,63)/t28-,33?,34?,36+,42-,45+,51?/m0/s1. The quantitative estimate of drug-likeness (QED) is 0.114. The van der Waals surface area contributed by atoms with Crippen LogP contribution in [-0.2, 0) is 20.8 Å². The van der Waals surface area contributed by atoms with Gasteiger partial charge < -0.3 is 30.6 Å². The van der Waals surface area contributed by atoms with Crippen molar-refractivity contribution in [3.8, 4) is 27.4 Å². The fourth-order valence-electron chi connectivity index (χ4n) is 11.0. The maximum Gasteiger partial charge on any atom is 0.246 e. The largest absolute Gasteiger partial charge is 0.507 e. The summed E-state index contributed by atoms with van der Waals surface area (Å²) >= 11 is 1.59. The first-order valence-electron chi connectivity index (χ1n) is 23.2. The summed E-state index contributed by atoms with van der Waals surface area (Å²) in [6.45, 7) is 11.2. The maximum atomic E-state index is 14.3. The number of aliphatic hydroxyl groups excluding tert-OH is 1. The zero-order valence-electron chi connectivity index (χ0n) is 38.1. The predicted molar refractivity (Wildman–Crippen MR) is 252 cm³/mol. The highest BCUT2D eigenvalue weighted by Crippen LogP contribution is 2.64. The lowest BCUT2D eigenvalue weighted by atomic mass is 9.47. The van der Waals surface area contributed by atoms with Gasteiger partial charge in [-0.05, 0) is 109 Å². The summed E-state index contributed by atoms with van der Waals surface area (Å²) in [5.74, 6) is 0.235. The molecule has 3 amide bonds. The number of phenolic OH excluding ortho intramolecular Hbond substituents is 1. The number of fused-ring (bicyclic) bond motifs is 2. The van der Waals surface area contributed by atoms with Crippen molar-refractivity contribution in [2.75, 3.05) is 24.5 Å². The summed E-state index contributed by atoms with van der Waals surface area (Å²) in [4.78, 5) is 60.7. The van der Waals surface area contributed by atoms with E-state index in [9.17, 15) is 24.6 Å². The van der Waals surface area contributed by atoms with Gasteiger partial charge in [0.05, 0.1) is 39.6 Å². The highest BCUT2D eigenvalue weighted by molar-refractivity contribution is 7.13. The van der Waals surface area contributed by atoms with Crippen LogP contribution in [0.2, 0.25) is 0 Å². The van der Waals surface area contributed by atoms with Crippen LogP contribution < -0.4 is 15.5 Å². The molecule has 2 saturated carbocycles. The van der Waals surface area contributed by atoms with Gasteiger partial charge in [-0.3, -0.25) is 14.4 Å². The molecule has 14 nitrogen and oxygen atoms in total. The second kappa shape index (κ2) is 17.0. The molecule has 3 aliphatic carbocycles. The molecule has 342 valence electrons. The minimum atomic E-state index is -0.865. The van der Waals surface area contributed by atoms with Crippen LogP contribution in [0.5, 0.6) is 5.75 Å². The number of nitrogens with one attached hydrogen (secondary N) is 2. The van der Waals surface area contributed by atoms with E-state index in [1.165, 1.54) is 16.0 Å². The molecule has 3 aromatic heterocycles. The molecule has 5 heterocycles. The number of carbonyl (C=O) groups excluding carboxylic acids is 3. The fourth-order valence-corrected chi connectivity index (χ4v) is 11.8. The number of phenols is 1. The molecule has 3 fully saturated rings. The summed E-state index contributed by atoms with van der Waals surface area (Å²) in [5.41, 5.74) is 11.4. The van der Waals surface area contributed by atoms with Crippen LogP contribution in [0.25, 0.3) is 27.3 Å². The normalized spacial score (nSPS) is 24.3. The van der Waals surface area contributed by atoms with E-state index in [1.54, 1.807) is 23.5 Å². The smallest absolute Gasteiger partial charge is 0.246 e. The van der Waals surface area contributed by atoms with Gasteiger partial charge in [0, 0.05) is 61.9 Å². The highest BCUT2D eigenvalue weighted by atomic mass is 32.1. The number of para-hydroxylation sites is 1. The molecule has 0 unspecified atom stereocenters. The Hall–Kier alpha value is -6.06. The predicted octanol–water partition coefficient (Wildman–Crippen LogP) is 6.94. The van der Waals surface area contributed by atoms with Crippen molar-refractivity contribution in [1.82, 2.24) is 40.7 Å². The van der Waals surface area contributed by atoms with Crippen molar-refractivity contribution >= 4 is 40.6 Å². The number of nitrogens with zero attached hydrogens (tertiary/aromatic N) is 7. The zero-order valence-corrected chi connectivity index (χ0v) is 38.9. The SMILES string of the molecule is Cc1ncsc1-c1ccc([C@H](C)NC(=O)[C@@H]2C[C@@H](O)CN2C(=O)[C@@H](NC(=O)C2CC3(C2)CC(c2cnc(N4CCC5=C(Cc6nnc(-c7ccccc7O)cc65)C4)nc2)C3)C(C)(C)C)cc1. The van der Waals surface area contributed by atoms with E-state index in [1.807, 2.05) is 88.9 Å². The third kappa shape index (κ3) is 8.25. The first-order chi connectivity index (χ1) is 31.6. The van der Waals surface area contributed by atoms with Gasteiger partial charge >= 0.3 is 0 Å². The first kappa shape index (κ1) is 43.8. The van der Waals surface area contributed by atoms with Gasteiger partial charge in [0.1, 0.15) is 17.8 Å². The van der Waals surface area contributed by atoms with Crippen LogP contribution in [0.4, 0.5) is 5.95 Å². The summed E-state index contributed by atoms with van der Waals surface area (Å²) in [6, 6.07) is 15.2. The van der Waals surface area contributed by atoms with E-state index in [0.717, 1.165) is 90.1 Å². The average Bonchev–Trinajstić information content (AvgIpc) is 4.00. The van der Waals surface area contributed by atoms with Crippen LogP contribution in [0, 0.1) is 23.7 Å². The van der Waals surface area contributed by atoms with Gasteiger partial charge in [0.15, 0.2) is 0 Å². The number of aryl methyl sites for hydroxylation is 1. The molecule has 5 aromatic rings. The highest BCUT2D eigenvalue weighted by Gasteiger charge is 2.56. The number of β-amino-alcohol motifs (C(OH)–C–C–N with tert-alkyl or cyclic N) is 1. The van der Waals surface area contributed by atoms with E-state index in [4.69, 9.17) is 9.97 Å². The Bertz CT molecular complexity index is 2720. The summed E-state index contributed by atoms with van der Waals surface area (Å²) in [7, 11) is 0. The van der Waals surface area contributed by atoms with E-state index in [-0.39, 0.29) is 53.8 Å². The number of rotatable bonds is 10. The van der Waals surface area contributed by atoms with E-state index in [0.29, 0.717) is 23.1 Å². The maximum absolute atomic E-state index is 14.3. The van der Waals surface area contributed by atoms with Crippen LogP contribution in [0.3, 0.4) is 0 Å². The third-order valence-corrected chi connectivity index (χ3v) is 15.7. The Morgan fingerprint density at radius 3 is 2.36 bits per heavy atom. The first-order valence-corrected chi connectivity index (χ1v) is 24.0. The molecule has 1 spiro atoms. The second-order valence-electron chi connectivity index (χ2n) is 20.4. The molecule has 4 N–H and O–H groups in total. The monoisotopic (exact) mass is 907 g/mol. The average molecular weight is 908 g/mol. The van der Waals surface area contributed by atoms with Crippen molar-refractivity contribution in [2.24, 2.45) is 16.7 Å². The molecule has 15 heteroatoms. The number of hydrogen-bond acceptors (Lipinski definition) is 12. The molecule has 0 bridgehead atoms. The number of hydrogen-bond donors (Lipinski definition) is 4. The van der Waals surface area contributed by atoms with Crippen molar-refractivity contribution in [1.29, 1.82) is 0 Å². The molecule has 0 radical (unpaired) electrons. The Balaban J connectivity index is 0.715. The van der Waals surface area contributed by atoms with Crippen LogP contribution in [0.15, 0.2) is 78.1 Å². The number of anilines is 1. The Kier molecular flexibility index (Phi) is 11.3. The third-order valence-electron chi connectivity index (χ3n) is 14.7. The van der Waals surface area contributed by atoms with Gasteiger partial charge in [-0.25, -0.2) is 15.0 Å². The number of aromatic hydroxyl groups is 1. The second-order valence-corrected chi connectivity index (χ2v) is 21.2. The van der Waals surface area contributed by atoms with Gasteiger partial charge in [0.2, 0.25) is 23.7 Å². The minimum absolute atomic E-state index is 0.0281. The number of likely N-dealkylation sites (tertiary alicyclic amines) is 1. The molecule has 2 aromatic carbocycles. The zero-order chi connectivity index (χ0) is 46.1.